The fraction of sp³-hybridized carbons (Fsp3) is 0.370. The molecule has 3 aromatic heterocycles. The maximum absolute atomic E-state index is 9.74. The lowest BCUT2D eigenvalue weighted by molar-refractivity contribution is 0.194. The highest BCUT2D eigenvalue weighted by molar-refractivity contribution is 5.70. The average molecular weight is 486 g/mol. The Morgan fingerprint density at radius 3 is 2.19 bits per heavy atom. The summed E-state index contributed by atoms with van der Waals surface area (Å²) in [7, 11) is 1.92. The molecule has 4 aromatic rings. The molecule has 2 saturated carbocycles. The highest BCUT2D eigenvalue weighted by Gasteiger charge is 2.22. The van der Waals surface area contributed by atoms with Gasteiger partial charge in [0.2, 0.25) is 0 Å². The van der Waals surface area contributed by atoms with Crippen LogP contribution < -0.4 is 5.32 Å². The van der Waals surface area contributed by atoms with Gasteiger partial charge in [0, 0.05) is 60.1 Å². The van der Waals surface area contributed by atoms with Gasteiger partial charge in [0.15, 0.2) is 5.82 Å². The minimum atomic E-state index is -0.900. The van der Waals surface area contributed by atoms with E-state index in [2.05, 4.69) is 48.5 Å². The molecule has 6 rings (SSSR count). The van der Waals surface area contributed by atoms with E-state index >= 15 is 0 Å². The number of benzene rings is 1. The van der Waals surface area contributed by atoms with Crippen molar-refractivity contribution in [1.29, 1.82) is 0 Å². The summed E-state index contributed by atoms with van der Waals surface area (Å²) in [4.78, 5) is 19.0. The molecule has 0 aliphatic heterocycles. The van der Waals surface area contributed by atoms with E-state index in [1.165, 1.54) is 32.1 Å². The van der Waals surface area contributed by atoms with Crippen LogP contribution in [0.15, 0.2) is 61.4 Å². The summed E-state index contributed by atoms with van der Waals surface area (Å²) in [5, 5.41) is 19.2. The van der Waals surface area contributed by atoms with E-state index in [9.17, 15) is 4.79 Å². The van der Waals surface area contributed by atoms with Gasteiger partial charge in [-0.25, -0.2) is 14.8 Å². The van der Waals surface area contributed by atoms with Crippen LogP contribution >= 0.6 is 0 Å². The number of hydrogen-bond donors (Lipinski definition) is 2. The highest BCUT2D eigenvalue weighted by Crippen LogP contribution is 2.30. The zero-order valence-electron chi connectivity index (χ0n) is 20.4. The molecule has 2 aliphatic carbocycles. The molecule has 0 bridgehead atoms. The van der Waals surface area contributed by atoms with Gasteiger partial charge in [-0.1, -0.05) is 37.5 Å². The van der Waals surface area contributed by atoms with E-state index in [1.807, 2.05) is 50.2 Å². The molecule has 0 saturated heterocycles. The summed E-state index contributed by atoms with van der Waals surface area (Å²) >= 11 is 0. The maximum atomic E-state index is 9.74. The van der Waals surface area contributed by atoms with Gasteiger partial charge in [0.1, 0.15) is 0 Å². The number of aromatic nitrogens is 6. The second-order valence-electron chi connectivity index (χ2n) is 9.50. The summed E-state index contributed by atoms with van der Waals surface area (Å²) in [6, 6.07) is 9.06. The van der Waals surface area contributed by atoms with Crippen LogP contribution in [0.3, 0.4) is 0 Å². The predicted molar refractivity (Wildman–Crippen MR) is 137 cm³/mol. The Kier molecular flexibility index (Phi) is 7.06. The molecule has 0 spiro atoms. The Balaban J connectivity index is 0.000000330. The lowest BCUT2D eigenvalue weighted by Gasteiger charge is -2.21. The second kappa shape index (κ2) is 10.7. The van der Waals surface area contributed by atoms with Crippen LogP contribution in [0.25, 0.3) is 33.6 Å². The quantitative estimate of drug-likeness (QED) is 0.395. The van der Waals surface area contributed by atoms with E-state index in [-0.39, 0.29) is 6.04 Å². The molecule has 36 heavy (non-hydrogen) atoms. The Bertz CT molecular complexity index is 1300. The first-order valence-corrected chi connectivity index (χ1v) is 12.5. The second-order valence-corrected chi connectivity index (χ2v) is 9.50. The Morgan fingerprint density at radius 1 is 0.861 bits per heavy atom. The lowest BCUT2D eigenvalue weighted by atomic mass is 9.96. The first kappa shape index (κ1) is 23.7. The molecule has 0 atom stereocenters. The number of nitrogens with one attached hydrogen (secondary N) is 1. The van der Waals surface area contributed by atoms with Gasteiger partial charge in [-0.05, 0) is 37.3 Å². The number of carboxylic acid groups (broad SMARTS) is 1. The number of rotatable bonds is 5. The molecule has 0 radical (unpaired) electrons. The van der Waals surface area contributed by atoms with Crippen molar-refractivity contribution in [2.24, 2.45) is 7.05 Å². The summed E-state index contributed by atoms with van der Waals surface area (Å²) in [5.41, 5.74) is 5.26. The molecular weight excluding hydrogens is 454 g/mol. The molecule has 2 N–H and O–H groups in total. The zero-order chi connectivity index (χ0) is 24.9. The van der Waals surface area contributed by atoms with E-state index in [1.54, 1.807) is 4.68 Å². The van der Waals surface area contributed by atoms with Gasteiger partial charge in [0.05, 0.1) is 18.4 Å². The molecule has 1 amide bonds. The number of aryl methyl sites for hydroxylation is 1. The van der Waals surface area contributed by atoms with Crippen LogP contribution in [-0.4, -0.2) is 46.8 Å². The van der Waals surface area contributed by atoms with Crippen LogP contribution in [0.2, 0.25) is 0 Å². The van der Waals surface area contributed by atoms with Crippen molar-refractivity contribution in [1.82, 2.24) is 34.8 Å². The van der Waals surface area contributed by atoms with Gasteiger partial charge < -0.3 is 10.4 Å². The van der Waals surface area contributed by atoms with Crippen molar-refractivity contribution in [3.8, 4) is 33.6 Å². The van der Waals surface area contributed by atoms with Crippen LogP contribution in [0.1, 0.15) is 51.0 Å². The fourth-order valence-corrected chi connectivity index (χ4v) is 4.47. The zero-order valence-corrected chi connectivity index (χ0v) is 20.4. The Hall–Kier alpha value is -4.01. The summed E-state index contributed by atoms with van der Waals surface area (Å²) in [6.07, 6.45) is 19.3. The molecule has 2 fully saturated rings. The van der Waals surface area contributed by atoms with Gasteiger partial charge in [-0.2, -0.15) is 10.2 Å². The van der Waals surface area contributed by atoms with Gasteiger partial charge in [-0.3, -0.25) is 9.36 Å². The third-order valence-electron chi connectivity index (χ3n) is 6.60. The molecule has 1 aromatic carbocycles. The summed E-state index contributed by atoms with van der Waals surface area (Å²) < 4.78 is 3.93. The van der Waals surface area contributed by atoms with Crippen molar-refractivity contribution in [3.63, 3.8) is 0 Å². The van der Waals surface area contributed by atoms with Gasteiger partial charge in [0.25, 0.3) is 0 Å². The molecule has 3 heterocycles. The smallest absolute Gasteiger partial charge is 0.404 e. The minimum Gasteiger partial charge on any atom is -0.465 e. The van der Waals surface area contributed by atoms with E-state index < -0.39 is 6.09 Å². The summed E-state index contributed by atoms with van der Waals surface area (Å²) in [6.45, 7) is 0. The highest BCUT2D eigenvalue weighted by atomic mass is 16.4. The number of hydrogen-bond acceptors (Lipinski definition) is 5. The molecule has 186 valence electrons. The van der Waals surface area contributed by atoms with Gasteiger partial charge in [-0.15, -0.1) is 0 Å². The predicted octanol–water partition coefficient (Wildman–Crippen LogP) is 5.33. The minimum absolute atomic E-state index is 0.275. The van der Waals surface area contributed by atoms with Crippen LogP contribution in [-0.2, 0) is 7.05 Å². The summed E-state index contributed by atoms with van der Waals surface area (Å²) in [5.74, 6) is 0.721. The Labute approximate surface area is 210 Å². The number of nitrogens with zero attached hydrogens (tertiary/aromatic N) is 6. The molecule has 0 unspecified atom stereocenters. The van der Waals surface area contributed by atoms with Crippen molar-refractivity contribution < 1.29 is 9.90 Å². The average Bonchev–Trinajstić information content (AvgIpc) is 3.38. The largest absolute Gasteiger partial charge is 0.465 e. The molecule has 9 nitrogen and oxygen atoms in total. The van der Waals surface area contributed by atoms with Crippen LogP contribution in [0, 0.1) is 0 Å². The van der Waals surface area contributed by atoms with E-state index in [0.717, 1.165) is 46.5 Å². The topological polar surface area (TPSA) is 111 Å². The lowest BCUT2D eigenvalue weighted by Crippen LogP contribution is -2.22. The normalized spacial score (nSPS) is 15.7. The van der Waals surface area contributed by atoms with Crippen molar-refractivity contribution in [2.45, 2.75) is 57.0 Å². The molecule has 2 aliphatic rings. The monoisotopic (exact) mass is 485 g/mol. The standard InChI is InChI=1S/C23H24N6.C4H7NO2/c1-28-15-20(13-26-28)17-6-5-7-18(10-17)23-24-11-19(12-25-23)21-14-27-29(16-21)22-8-3-2-4-9-22;6-4(7)5-3-1-2-3/h5-7,10-16,22H,2-4,8-9H2,1H3;3,5H,1-2H2,(H,6,7). The first-order valence-electron chi connectivity index (χ1n) is 12.5. The van der Waals surface area contributed by atoms with E-state index in [4.69, 9.17) is 5.11 Å². The number of amides is 1. The first-order chi connectivity index (χ1) is 17.5. The Morgan fingerprint density at radius 2 is 1.56 bits per heavy atom. The molecular formula is C27H31N7O2. The fourth-order valence-electron chi connectivity index (χ4n) is 4.47. The SMILES string of the molecule is Cn1cc(-c2cccc(-c3ncc(-c4cnn(C5CCCCC5)c4)cn3)c2)cn1.O=C(O)NC1CC1. The number of carbonyl (C=O) groups is 1. The van der Waals surface area contributed by atoms with Gasteiger partial charge >= 0.3 is 6.09 Å². The molecule has 9 heteroatoms. The van der Waals surface area contributed by atoms with Crippen LogP contribution in [0.5, 0.6) is 0 Å². The third-order valence-corrected chi connectivity index (χ3v) is 6.60. The van der Waals surface area contributed by atoms with E-state index in [0.29, 0.717) is 6.04 Å². The van der Waals surface area contributed by atoms with Crippen molar-refractivity contribution in [2.75, 3.05) is 0 Å². The van der Waals surface area contributed by atoms with Crippen LogP contribution in [0.4, 0.5) is 4.79 Å². The van der Waals surface area contributed by atoms with Crippen molar-refractivity contribution in [3.05, 3.63) is 61.4 Å². The maximum Gasteiger partial charge on any atom is 0.404 e. The van der Waals surface area contributed by atoms with Crippen molar-refractivity contribution >= 4 is 6.09 Å². The third kappa shape index (κ3) is 5.97.